The molecule has 0 aromatic carbocycles. The fraction of sp³-hybridized carbons (Fsp3) is 0.769. The number of nitrogens with one attached hydrogen (secondary N) is 1. The van der Waals surface area contributed by atoms with E-state index < -0.39 is 0 Å². The number of thioether (sulfide) groups is 1. The first kappa shape index (κ1) is 14.2. The minimum absolute atomic E-state index is 0.442. The van der Waals surface area contributed by atoms with Crippen LogP contribution >= 0.6 is 23.1 Å². The predicted molar refractivity (Wildman–Crippen MR) is 82.7 cm³/mol. The summed E-state index contributed by atoms with van der Waals surface area (Å²) in [5.41, 5.74) is 0. The molecule has 0 amide bonds. The van der Waals surface area contributed by atoms with E-state index in [4.69, 9.17) is 0 Å². The summed E-state index contributed by atoms with van der Waals surface area (Å²) in [5, 5.41) is 4.33. The molecule has 1 aliphatic rings. The maximum Gasteiger partial charge on any atom is 0.182 e. The van der Waals surface area contributed by atoms with Gasteiger partial charge in [0.05, 0.1) is 0 Å². The molecule has 0 saturated carbocycles. The number of anilines is 1. The molecule has 0 atom stereocenters. The van der Waals surface area contributed by atoms with E-state index in [-0.39, 0.29) is 0 Å². The standard InChI is InChI=1S/C13H23N3S2/c1-4-14-12-15-9-11(18-12)10-16-6-5-13(2,3)17-8-7-16/h9H,4-8,10H2,1-3H3,(H,14,15). The van der Waals surface area contributed by atoms with Crippen LogP contribution in [0.4, 0.5) is 5.13 Å². The highest BCUT2D eigenvalue weighted by molar-refractivity contribution is 8.00. The van der Waals surface area contributed by atoms with Crippen molar-refractivity contribution in [3.8, 4) is 0 Å². The Bertz CT molecular complexity index is 376. The molecule has 1 aromatic heterocycles. The van der Waals surface area contributed by atoms with Crippen molar-refractivity contribution in [1.82, 2.24) is 9.88 Å². The molecule has 2 rings (SSSR count). The molecule has 1 aromatic rings. The minimum Gasteiger partial charge on any atom is -0.362 e. The molecule has 1 N–H and O–H groups in total. The fourth-order valence-corrected chi connectivity index (χ4v) is 4.11. The lowest BCUT2D eigenvalue weighted by Gasteiger charge is -2.22. The first-order valence-corrected chi connectivity index (χ1v) is 8.44. The van der Waals surface area contributed by atoms with Gasteiger partial charge in [-0.2, -0.15) is 11.8 Å². The summed E-state index contributed by atoms with van der Waals surface area (Å²) >= 11 is 3.89. The second kappa shape index (κ2) is 6.26. The van der Waals surface area contributed by atoms with Crippen LogP contribution in [0.2, 0.25) is 0 Å². The topological polar surface area (TPSA) is 28.2 Å². The number of nitrogens with zero attached hydrogens (tertiary/aromatic N) is 2. The van der Waals surface area contributed by atoms with Crippen LogP contribution in [0.3, 0.4) is 0 Å². The van der Waals surface area contributed by atoms with Gasteiger partial charge in [-0.05, 0) is 19.9 Å². The fourth-order valence-electron chi connectivity index (χ4n) is 2.05. The molecular weight excluding hydrogens is 262 g/mol. The Morgan fingerprint density at radius 2 is 2.28 bits per heavy atom. The van der Waals surface area contributed by atoms with Crippen molar-refractivity contribution in [2.75, 3.05) is 30.7 Å². The molecule has 0 spiro atoms. The van der Waals surface area contributed by atoms with Gasteiger partial charge in [-0.15, -0.1) is 11.3 Å². The third-order valence-electron chi connectivity index (χ3n) is 3.19. The molecule has 0 unspecified atom stereocenters. The predicted octanol–water partition coefficient (Wildman–Crippen LogP) is 3.29. The number of rotatable bonds is 4. The van der Waals surface area contributed by atoms with Crippen molar-refractivity contribution in [3.63, 3.8) is 0 Å². The van der Waals surface area contributed by atoms with Crippen LogP contribution in [0, 0.1) is 0 Å². The van der Waals surface area contributed by atoms with Crippen molar-refractivity contribution < 1.29 is 0 Å². The van der Waals surface area contributed by atoms with Crippen molar-refractivity contribution >= 4 is 28.2 Å². The summed E-state index contributed by atoms with van der Waals surface area (Å²) in [6, 6.07) is 0. The van der Waals surface area contributed by atoms with Crippen LogP contribution in [0.5, 0.6) is 0 Å². The summed E-state index contributed by atoms with van der Waals surface area (Å²) in [6.07, 6.45) is 3.29. The zero-order valence-corrected chi connectivity index (χ0v) is 13.2. The highest BCUT2D eigenvalue weighted by Crippen LogP contribution is 2.31. The van der Waals surface area contributed by atoms with E-state index in [0.29, 0.717) is 4.75 Å². The van der Waals surface area contributed by atoms with Gasteiger partial charge in [-0.3, -0.25) is 4.90 Å². The number of hydrogen-bond donors (Lipinski definition) is 1. The Balaban J connectivity index is 1.88. The second-order valence-electron chi connectivity index (χ2n) is 5.30. The summed E-state index contributed by atoms with van der Waals surface area (Å²) in [4.78, 5) is 8.33. The van der Waals surface area contributed by atoms with Gasteiger partial charge < -0.3 is 5.32 Å². The Morgan fingerprint density at radius 1 is 1.44 bits per heavy atom. The lowest BCUT2D eigenvalue weighted by molar-refractivity contribution is 0.278. The largest absolute Gasteiger partial charge is 0.362 e. The molecule has 1 saturated heterocycles. The number of aromatic nitrogens is 1. The van der Waals surface area contributed by atoms with E-state index in [0.717, 1.165) is 18.2 Å². The zero-order valence-electron chi connectivity index (χ0n) is 11.5. The van der Waals surface area contributed by atoms with Crippen LogP contribution in [-0.4, -0.2) is 40.0 Å². The molecule has 0 aliphatic carbocycles. The van der Waals surface area contributed by atoms with E-state index in [9.17, 15) is 0 Å². The average molecular weight is 285 g/mol. The van der Waals surface area contributed by atoms with E-state index in [2.05, 4.69) is 47.7 Å². The third-order valence-corrected chi connectivity index (χ3v) is 5.50. The number of hydrogen-bond acceptors (Lipinski definition) is 5. The van der Waals surface area contributed by atoms with Crippen LogP contribution < -0.4 is 5.32 Å². The van der Waals surface area contributed by atoms with Gasteiger partial charge in [0.25, 0.3) is 0 Å². The maximum absolute atomic E-state index is 4.40. The monoisotopic (exact) mass is 285 g/mol. The highest BCUT2D eigenvalue weighted by Gasteiger charge is 2.23. The number of thiazole rings is 1. The summed E-state index contributed by atoms with van der Waals surface area (Å²) in [6.45, 7) is 11.2. The Labute approximate surface area is 118 Å². The summed E-state index contributed by atoms with van der Waals surface area (Å²) < 4.78 is 0.442. The molecule has 1 fully saturated rings. The Hall–Kier alpha value is -0.260. The van der Waals surface area contributed by atoms with Crippen molar-refractivity contribution in [1.29, 1.82) is 0 Å². The van der Waals surface area contributed by atoms with Crippen molar-refractivity contribution in [3.05, 3.63) is 11.1 Å². The van der Waals surface area contributed by atoms with Gasteiger partial charge in [-0.1, -0.05) is 13.8 Å². The second-order valence-corrected chi connectivity index (χ2v) is 8.21. The minimum atomic E-state index is 0.442. The van der Waals surface area contributed by atoms with E-state index in [1.807, 2.05) is 6.20 Å². The van der Waals surface area contributed by atoms with Crippen molar-refractivity contribution in [2.24, 2.45) is 0 Å². The quantitative estimate of drug-likeness (QED) is 0.919. The van der Waals surface area contributed by atoms with Gasteiger partial charge in [0.1, 0.15) is 0 Å². The van der Waals surface area contributed by atoms with Crippen LogP contribution in [0.15, 0.2) is 6.20 Å². The van der Waals surface area contributed by atoms with Gasteiger partial charge in [0.15, 0.2) is 5.13 Å². The maximum atomic E-state index is 4.40. The average Bonchev–Trinajstić information content (AvgIpc) is 2.66. The smallest absolute Gasteiger partial charge is 0.182 e. The molecule has 2 heterocycles. The van der Waals surface area contributed by atoms with Gasteiger partial charge in [0, 0.05) is 41.2 Å². The molecule has 5 heteroatoms. The van der Waals surface area contributed by atoms with Gasteiger partial charge >= 0.3 is 0 Å². The molecule has 1 aliphatic heterocycles. The summed E-state index contributed by atoms with van der Waals surface area (Å²) in [7, 11) is 0. The summed E-state index contributed by atoms with van der Waals surface area (Å²) in [5.74, 6) is 1.24. The SMILES string of the molecule is CCNc1ncc(CN2CCSC(C)(C)CC2)s1. The molecule has 18 heavy (non-hydrogen) atoms. The first-order valence-electron chi connectivity index (χ1n) is 6.64. The normalized spacial score (nSPS) is 20.6. The van der Waals surface area contributed by atoms with Crippen molar-refractivity contribution in [2.45, 2.75) is 38.5 Å². The molecule has 102 valence electrons. The van der Waals surface area contributed by atoms with Crippen LogP contribution in [-0.2, 0) is 6.54 Å². The van der Waals surface area contributed by atoms with E-state index >= 15 is 0 Å². The lowest BCUT2D eigenvalue weighted by Crippen LogP contribution is -2.26. The molecule has 0 radical (unpaired) electrons. The first-order chi connectivity index (χ1) is 8.59. The van der Waals surface area contributed by atoms with E-state index in [1.54, 1.807) is 11.3 Å². The van der Waals surface area contributed by atoms with Crippen LogP contribution in [0.25, 0.3) is 0 Å². The molecule has 0 bridgehead atoms. The Kier molecular flexibility index (Phi) is 4.92. The van der Waals surface area contributed by atoms with Gasteiger partial charge in [0.2, 0.25) is 0 Å². The third kappa shape index (κ3) is 4.14. The van der Waals surface area contributed by atoms with E-state index in [1.165, 1.54) is 30.1 Å². The lowest BCUT2D eigenvalue weighted by atomic mass is 10.1. The zero-order chi connectivity index (χ0) is 13.0. The molecule has 3 nitrogen and oxygen atoms in total. The highest BCUT2D eigenvalue weighted by atomic mass is 32.2. The molecular formula is C13H23N3S2. The van der Waals surface area contributed by atoms with Gasteiger partial charge in [-0.25, -0.2) is 4.98 Å². The van der Waals surface area contributed by atoms with Crippen LogP contribution in [0.1, 0.15) is 32.1 Å². The Morgan fingerprint density at radius 3 is 3.06 bits per heavy atom.